The Hall–Kier alpha value is -0.490. The van der Waals surface area contributed by atoms with Crippen molar-refractivity contribution >= 4 is 7.88 Å². The van der Waals surface area contributed by atoms with Gasteiger partial charge in [0.05, 0.1) is 0 Å². The van der Waals surface area contributed by atoms with Crippen LogP contribution >= 0.6 is 7.88 Å². The summed E-state index contributed by atoms with van der Waals surface area (Å²) in [6, 6.07) is 7.53. The summed E-state index contributed by atoms with van der Waals surface area (Å²) in [7, 11) is -3.94. The first-order valence-electron chi connectivity index (χ1n) is 4.85. The molecule has 0 saturated heterocycles. The van der Waals surface area contributed by atoms with Crippen LogP contribution in [0.5, 0.6) is 0 Å². The summed E-state index contributed by atoms with van der Waals surface area (Å²) in [5, 5.41) is 0. The molecule has 0 aliphatic rings. The summed E-state index contributed by atoms with van der Waals surface area (Å²) in [6.45, 7) is 5.28. The zero-order valence-electron chi connectivity index (χ0n) is 8.85. The summed E-state index contributed by atoms with van der Waals surface area (Å²) in [4.78, 5) is 0. The van der Waals surface area contributed by atoms with Crippen LogP contribution in [0.1, 0.15) is 30.9 Å². The predicted molar refractivity (Wildman–Crippen MR) is 60.7 cm³/mol. The van der Waals surface area contributed by atoms with Crippen molar-refractivity contribution in [1.29, 1.82) is 0 Å². The first-order valence-corrected chi connectivity index (χ1v) is 7.31. The Morgan fingerprint density at radius 3 is 2.00 bits per heavy atom. The molecule has 0 heterocycles. The van der Waals surface area contributed by atoms with E-state index in [0.717, 1.165) is 12.2 Å². The minimum absolute atomic E-state index is 0.0363. The molecule has 0 N–H and O–H groups in total. The third-order valence-corrected chi connectivity index (χ3v) is 3.19. The van der Waals surface area contributed by atoms with Crippen LogP contribution in [0.15, 0.2) is 24.3 Å². The zero-order chi connectivity index (χ0) is 10.8. The van der Waals surface area contributed by atoms with E-state index >= 15 is 0 Å². The molecule has 14 heavy (non-hydrogen) atoms. The van der Waals surface area contributed by atoms with Gasteiger partial charge in [0.2, 0.25) is 0 Å². The fourth-order valence-corrected chi connectivity index (χ4v) is 2.33. The van der Waals surface area contributed by atoms with Gasteiger partial charge in [-0.15, -0.1) is 0 Å². The molecular formula is C11H17F2P. The van der Waals surface area contributed by atoms with E-state index in [0.29, 0.717) is 5.92 Å². The second-order valence-corrected chi connectivity index (χ2v) is 6.64. The van der Waals surface area contributed by atoms with Crippen LogP contribution in [-0.4, -0.2) is 6.66 Å². The van der Waals surface area contributed by atoms with Gasteiger partial charge >= 0.3 is 84.3 Å². The van der Waals surface area contributed by atoms with Gasteiger partial charge in [-0.3, -0.25) is 0 Å². The number of hydrogen-bond acceptors (Lipinski definition) is 0. The van der Waals surface area contributed by atoms with E-state index in [1.807, 2.05) is 24.3 Å². The van der Waals surface area contributed by atoms with E-state index in [-0.39, 0.29) is 6.16 Å². The normalized spacial score (nSPS) is 13.3. The van der Waals surface area contributed by atoms with Crippen molar-refractivity contribution < 1.29 is 8.39 Å². The standard InChI is InChI=1S/C11H17F2P/c1-9(2)11-6-4-10(5-7-11)8-14(3,12)13/h4-7,9,14H,8H2,1-3H3. The molecule has 0 aromatic heterocycles. The van der Waals surface area contributed by atoms with E-state index in [2.05, 4.69) is 13.8 Å². The monoisotopic (exact) mass is 218 g/mol. The molecule has 0 amide bonds. The Bertz CT molecular complexity index is 285. The van der Waals surface area contributed by atoms with E-state index in [1.54, 1.807) is 0 Å². The Balaban J connectivity index is 2.74. The molecular weight excluding hydrogens is 201 g/mol. The fraction of sp³-hybridized carbons (Fsp3) is 0.455. The van der Waals surface area contributed by atoms with Crippen molar-refractivity contribution in [1.82, 2.24) is 0 Å². The molecule has 80 valence electrons. The van der Waals surface area contributed by atoms with Crippen LogP contribution in [0.3, 0.4) is 0 Å². The molecule has 0 saturated carbocycles. The van der Waals surface area contributed by atoms with Crippen molar-refractivity contribution in [3.05, 3.63) is 35.4 Å². The van der Waals surface area contributed by atoms with E-state index < -0.39 is 7.88 Å². The molecule has 0 aliphatic carbocycles. The molecule has 0 nitrogen and oxygen atoms in total. The van der Waals surface area contributed by atoms with Crippen LogP contribution in [-0.2, 0) is 6.16 Å². The van der Waals surface area contributed by atoms with Crippen molar-refractivity contribution in [3.8, 4) is 0 Å². The van der Waals surface area contributed by atoms with Gasteiger partial charge in [-0.25, -0.2) is 0 Å². The van der Waals surface area contributed by atoms with Gasteiger partial charge in [-0.1, -0.05) is 0 Å². The van der Waals surface area contributed by atoms with Crippen LogP contribution in [0, 0.1) is 0 Å². The Labute approximate surface area is 84.9 Å². The topological polar surface area (TPSA) is 0 Å². The summed E-state index contributed by atoms with van der Waals surface area (Å²) in [6.07, 6.45) is -0.0363. The van der Waals surface area contributed by atoms with Crippen molar-refractivity contribution in [2.45, 2.75) is 25.9 Å². The maximum atomic E-state index is 12.8. The predicted octanol–water partition coefficient (Wildman–Crippen LogP) is 4.46. The molecule has 1 aromatic carbocycles. The SMILES string of the molecule is CC(C)c1ccc(C[PH](C)(F)F)cc1. The Kier molecular flexibility index (Phi) is 3.60. The average molecular weight is 218 g/mol. The van der Waals surface area contributed by atoms with Gasteiger partial charge in [0, 0.05) is 0 Å². The number of benzene rings is 1. The third kappa shape index (κ3) is 3.71. The molecule has 0 unspecified atom stereocenters. The van der Waals surface area contributed by atoms with Gasteiger partial charge in [0.1, 0.15) is 0 Å². The van der Waals surface area contributed by atoms with Crippen LogP contribution in [0.25, 0.3) is 0 Å². The van der Waals surface area contributed by atoms with Crippen LogP contribution < -0.4 is 0 Å². The van der Waals surface area contributed by atoms with E-state index in [9.17, 15) is 8.39 Å². The molecule has 0 spiro atoms. The number of hydrogen-bond donors (Lipinski definition) is 0. The van der Waals surface area contributed by atoms with E-state index in [1.165, 1.54) is 5.56 Å². The quantitative estimate of drug-likeness (QED) is 0.657. The molecule has 3 heteroatoms. The summed E-state index contributed by atoms with van der Waals surface area (Å²) >= 11 is 0. The molecule has 0 atom stereocenters. The maximum absolute atomic E-state index is 12.8. The molecule has 1 aromatic rings. The summed E-state index contributed by atoms with van der Waals surface area (Å²) in [5.41, 5.74) is 1.96. The summed E-state index contributed by atoms with van der Waals surface area (Å²) < 4.78 is 25.6. The number of halogens is 2. The number of rotatable bonds is 3. The van der Waals surface area contributed by atoms with Gasteiger partial charge in [0.15, 0.2) is 0 Å². The van der Waals surface area contributed by atoms with Crippen LogP contribution in [0.4, 0.5) is 8.39 Å². The fourth-order valence-electron chi connectivity index (χ4n) is 1.38. The molecule has 0 bridgehead atoms. The zero-order valence-corrected chi connectivity index (χ0v) is 9.85. The van der Waals surface area contributed by atoms with Crippen molar-refractivity contribution in [2.24, 2.45) is 0 Å². The molecule has 1 rings (SSSR count). The average Bonchev–Trinajstić information content (AvgIpc) is 2.02. The van der Waals surface area contributed by atoms with Crippen molar-refractivity contribution in [2.75, 3.05) is 6.66 Å². The Morgan fingerprint density at radius 2 is 1.64 bits per heavy atom. The molecule has 0 aliphatic heterocycles. The second kappa shape index (κ2) is 4.35. The second-order valence-electron chi connectivity index (χ2n) is 4.14. The minimum atomic E-state index is -3.94. The van der Waals surface area contributed by atoms with Gasteiger partial charge in [-0.05, 0) is 0 Å². The van der Waals surface area contributed by atoms with E-state index in [4.69, 9.17) is 0 Å². The van der Waals surface area contributed by atoms with Gasteiger partial charge < -0.3 is 0 Å². The first-order chi connectivity index (χ1) is 6.38. The van der Waals surface area contributed by atoms with Gasteiger partial charge in [0.25, 0.3) is 0 Å². The molecule has 0 radical (unpaired) electrons. The van der Waals surface area contributed by atoms with Crippen LogP contribution in [0.2, 0.25) is 0 Å². The molecule has 0 fully saturated rings. The Morgan fingerprint density at radius 1 is 1.14 bits per heavy atom. The third-order valence-electron chi connectivity index (χ3n) is 2.16. The van der Waals surface area contributed by atoms with Gasteiger partial charge in [-0.2, -0.15) is 0 Å². The first kappa shape index (κ1) is 11.6. The summed E-state index contributed by atoms with van der Waals surface area (Å²) in [5.74, 6) is 0.462. The van der Waals surface area contributed by atoms with Crippen molar-refractivity contribution in [3.63, 3.8) is 0 Å².